The third-order valence-electron chi connectivity index (χ3n) is 7.51. The zero-order valence-electron chi connectivity index (χ0n) is 21.2. The largest absolute Gasteiger partial charge is 0.437 e. The Hall–Kier alpha value is -4.24. The molecule has 7 rings (SSSR count). The molecule has 0 atom stereocenters. The average Bonchev–Trinajstić information content (AvgIpc) is 3.32. The van der Waals surface area contributed by atoms with E-state index in [4.69, 9.17) is 9.40 Å². The summed E-state index contributed by atoms with van der Waals surface area (Å²) in [4.78, 5) is 9.42. The summed E-state index contributed by atoms with van der Waals surface area (Å²) in [7, 11) is 0. The Balaban J connectivity index is 1.45. The molecule has 1 aliphatic rings. The first-order chi connectivity index (χ1) is 18.2. The molecule has 1 aliphatic carbocycles. The van der Waals surface area contributed by atoms with Crippen molar-refractivity contribution in [3.05, 3.63) is 108 Å². The predicted molar refractivity (Wildman–Crippen MR) is 152 cm³/mol. The highest BCUT2D eigenvalue weighted by atomic mass is 16.3. The lowest BCUT2D eigenvalue weighted by atomic mass is 9.86. The number of aromatic nitrogens is 2. The lowest BCUT2D eigenvalue weighted by molar-refractivity contribution is 0.607. The molecular formula is C34H28N2O. The van der Waals surface area contributed by atoms with Crippen molar-refractivity contribution in [1.29, 1.82) is 0 Å². The third-order valence-corrected chi connectivity index (χ3v) is 7.51. The summed E-state index contributed by atoms with van der Waals surface area (Å²) in [6, 6.07) is 30.6. The van der Waals surface area contributed by atoms with Crippen LogP contribution < -0.4 is 0 Å². The Morgan fingerprint density at radius 2 is 1.62 bits per heavy atom. The van der Waals surface area contributed by atoms with Crippen molar-refractivity contribution in [3.8, 4) is 33.7 Å². The highest BCUT2D eigenvalue weighted by molar-refractivity contribution is 6.03. The molecule has 0 saturated carbocycles. The van der Waals surface area contributed by atoms with Gasteiger partial charge in [-0.05, 0) is 76.4 Å². The summed E-state index contributed by atoms with van der Waals surface area (Å²) in [6.07, 6.45) is 4.63. The monoisotopic (exact) mass is 480 g/mol. The van der Waals surface area contributed by atoms with Crippen molar-refractivity contribution in [1.82, 2.24) is 9.97 Å². The maximum atomic E-state index is 6.49. The van der Waals surface area contributed by atoms with Crippen LogP contribution in [0.5, 0.6) is 0 Å². The van der Waals surface area contributed by atoms with E-state index in [0.717, 1.165) is 41.7 Å². The topological polar surface area (TPSA) is 38.9 Å². The van der Waals surface area contributed by atoms with Crippen molar-refractivity contribution in [2.45, 2.75) is 33.1 Å². The Kier molecular flexibility index (Phi) is 5.17. The van der Waals surface area contributed by atoms with Crippen molar-refractivity contribution in [2.75, 3.05) is 0 Å². The lowest BCUT2D eigenvalue weighted by Crippen LogP contribution is -2.04. The quantitative estimate of drug-likeness (QED) is 0.253. The molecule has 2 heterocycles. The first kappa shape index (κ1) is 22.0. The molecule has 3 nitrogen and oxygen atoms in total. The third kappa shape index (κ3) is 3.74. The van der Waals surface area contributed by atoms with Crippen LogP contribution in [0.15, 0.2) is 95.7 Å². The summed E-state index contributed by atoms with van der Waals surface area (Å²) in [5, 5.41) is 3.49. The Morgan fingerprint density at radius 3 is 2.49 bits per heavy atom. The van der Waals surface area contributed by atoms with Gasteiger partial charge in [-0.1, -0.05) is 80.6 Å². The van der Waals surface area contributed by atoms with Gasteiger partial charge >= 0.3 is 0 Å². The van der Waals surface area contributed by atoms with Crippen LogP contribution in [0.2, 0.25) is 0 Å². The molecule has 6 aromatic rings. The zero-order valence-corrected chi connectivity index (χ0v) is 21.2. The van der Waals surface area contributed by atoms with Crippen molar-refractivity contribution in [3.63, 3.8) is 0 Å². The maximum Gasteiger partial charge on any atom is 0.230 e. The van der Waals surface area contributed by atoms with E-state index in [2.05, 4.69) is 104 Å². The summed E-state index contributed by atoms with van der Waals surface area (Å²) in [5.41, 5.74) is 10.3. The van der Waals surface area contributed by atoms with Crippen molar-refractivity contribution in [2.24, 2.45) is 5.92 Å². The molecule has 0 radical (unpaired) electrons. The number of aryl methyl sites for hydroxylation is 2. The van der Waals surface area contributed by atoms with Gasteiger partial charge in [-0.3, -0.25) is 0 Å². The van der Waals surface area contributed by atoms with Crippen LogP contribution in [0.25, 0.3) is 55.6 Å². The first-order valence-corrected chi connectivity index (χ1v) is 13.1. The van der Waals surface area contributed by atoms with E-state index in [-0.39, 0.29) is 0 Å². The van der Waals surface area contributed by atoms with Crippen LogP contribution in [0.4, 0.5) is 0 Å². The van der Waals surface area contributed by atoms with E-state index in [1.165, 1.54) is 44.2 Å². The number of fused-ring (bicyclic) bond motifs is 6. The fraction of sp³-hybridized carbons (Fsp3) is 0.176. The first-order valence-electron chi connectivity index (χ1n) is 13.1. The predicted octanol–water partition coefficient (Wildman–Crippen LogP) is 8.67. The maximum absolute atomic E-state index is 6.49. The second-order valence-electron chi connectivity index (χ2n) is 10.5. The Labute approximate surface area is 216 Å². The average molecular weight is 481 g/mol. The second-order valence-corrected chi connectivity index (χ2v) is 10.5. The van der Waals surface area contributed by atoms with Crippen LogP contribution >= 0.6 is 0 Å². The van der Waals surface area contributed by atoms with Gasteiger partial charge in [0.2, 0.25) is 5.71 Å². The van der Waals surface area contributed by atoms with Gasteiger partial charge in [0.05, 0.1) is 11.1 Å². The molecule has 0 amide bonds. The van der Waals surface area contributed by atoms with Crippen LogP contribution in [0, 0.1) is 5.92 Å². The molecule has 0 unspecified atom stereocenters. The molecule has 0 spiro atoms. The summed E-state index contributed by atoms with van der Waals surface area (Å²) in [5.74, 6) is 1.58. The van der Waals surface area contributed by atoms with E-state index in [0.29, 0.717) is 11.6 Å². The van der Waals surface area contributed by atoms with Gasteiger partial charge in [0.1, 0.15) is 12.1 Å². The fourth-order valence-electron chi connectivity index (χ4n) is 5.88. The standard InChI is InChI=1S/C34H28N2O/c1-21(2)16-22-12-13-24-14-15-28-31-32(35-20-36-34(31)37-33(28)30(24)17-22)26-18-25-10-6-7-11-27(25)29(19-26)23-8-4-3-5-9-23/h3-13,17-21H,14-16H2,1-2H3. The minimum Gasteiger partial charge on any atom is -0.437 e. The van der Waals surface area contributed by atoms with Crippen molar-refractivity contribution < 1.29 is 4.42 Å². The van der Waals surface area contributed by atoms with Gasteiger partial charge in [-0.15, -0.1) is 0 Å². The number of hydrogen-bond donors (Lipinski definition) is 0. The number of nitrogens with zero attached hydrogens (tertiary/aromatic N) is 2. The fourth-order valence-corrected chi connectivity index (χ4v) is 5.88. The molecule has 37 heavy (non-hydrogen) atoms. The summed E-state index contributed by atoms with van der Waals surface area (Å²) < 4.78 is 6.49. The van der Waals surface area contributed by atoms with E-state index in [9.17, 15) is 0 Å². The molecule has 0 saturated heterocycles. The molecule has 4 aromatic carbocycles. The molecule has 180 valence electrons. The van der Waals surface area contributed by atoms with Gasteiger partial charge in [0.25, 0.3) is 0 Å². The zero-order chi connectivity index (χ0) is 24.9. The Morgan fingerprint density at radius 1 is 0.784 bits per heavy atom. The van der Waals surface area contributed by atoms with E-state index in [1.807, 2.05) is 0 Å². The van der Waals surface area contributed by atoms with E-state index >= 15 is 0 Å². The smallest absolute Gasteiger partial charge is 0.230 e. The number of benzene rings is 4. The molecule has 0 bridgehead atoms. The van der Waals surface area contributed by atoms with Crippen LogP contribution in [0.3, 0.4) is 0 Å². The van der Waals surface area contributed by atoms with E-state index < -0.39 is 0 Å². The molecule has 2 aromatic heterocycles. The molecule has 0 aliphatic heterocycles. The van der Waals surface area contributed by atoms with Crippen LogP contribution in [-0.4, -0.2) is 9.97 Å². The molecule has 0 N–H and O–H groups in total. The second kappa shape index (κ2) is 8.70. The van der Waals surface area contributed by atoms with Crippen molar-refractivity contribution >= 4 is 21.9 Å². The Bertz CT molecular complexity index is 1780. The number of furan rings is 1. The summed E-state index contributed by atoms with van der Waals surface area (Å²) >= 11 is 0. The lowest BCUT2D eigenvalue weighted by Gasteiger charge is -2.17. The van der Waals surface area contributed by atoms with Gasteiger partial charge in [0.15, 0.2) is 0 Å². The van der Waals surface area contributed by atoms with Gasteiger partial charge in [0, 0.05) is 16.7 Å². The van der Waals surface area contributed by atoms with Crippen LogP contribution in [-0.2, 0) is 19.3 Å². The highest BCUT2D eigenvalue weighted by Gasteiger charge is 2.26. The molecule has 0 fully saturated rings. The molecule has 3 heteroatoms. The normalized spacial score (nSPS) is 12.7. The van der Waals surface area contributed by atoms with E-state index in [1.54, 1.807) is 6.33 Å². The highest BCUT2D eigenvalue weighted by Crippen LogP contribution is 2.43. The SMILES string of the molecule is CC(C)Cc1ccc2c(c1)-c1oc3ncnc(-c4cc(-c5ccccc5)c5ccccc5c4)c3c1CC2. The minimum absolute atomic E-state index is 0.612. The van der Waals surface area contributed by atoms with Gasteiger partial charge in [-0.2, -0.15) is 0 Å². The minimum atomic E-state index is 0.612. The number of rotatable bonds is 4. The van der Waals surface area contributed by atoms with Gasteiger partial charge in [-0.25, -0.2) is 9.97 Å². The van der Waals surface area contributed by atoms with Gasteiger partial charge < -0.3 is 4.42 Å². The summed E-state index contributed by atoms with van der Waals surface area (Å²) in [6.45, 7) is 4.53. The molecular weight excluding hydrogens is 452 g/mol. The number of hydrogen-bond acceptors (Lipinski definition) is 3. The van der Waals surface area contributed by atoms with Crippen LogP contribution in [0.1, 0.15) is 30.5 Å².